The number of hydrogen-bond acceptors (Lipinski definition) is 2. The summed E-state index contributed by atoms with van der Waals surface area (Å²) >= 11 is 6.03. The first-order valence-corrected chi connectivity index (χ1v) is 5.35. The topological polar surface area (TPSA) is 38.9 Å². The number of aryl methyl sites for hydroxylation is 2. The van der Waals surface area contributed by atoms with Crippen LogP contribution in [0.4, 0.5) is 5.82 Å². The molecule has 3 heteroatoms. The van der Waals surface area contributed by atoms with E-state index in [0.717, 1.165) is 33.5 Å². The van der Waals surface area contributed by atoms with E-state index in [1.807, 2.05) is 19.1 Å². The summed E-state index contributed by atoms with van der Waals surface area (Å²) in [5, 5.41) is 1.83. The lowest BCUT2D eigenvalue weighted by Gasteiger charge is -2.06. The van der Waals surface area contributed by atoms with Crippen LogP contribution < -0.4 is 5.73 Å². The van der Waals surface area contributed by atoms with Gasteiger partial charge in [-0.2, -0.15) is 0 Å². The van der Waals surface area contributed by atoms with Gasteiger partial charge in [0, 0.05) is 10.4 Å². The van der Waals surface area contributed by atoms with Crippen molar-refractivity contribution in [1.82, 2.24) is 4.98 Å². The fourth-order valence-electron chi connectivity index (χ4n) is 1.65. The molecule has 0 aliphatic carbocycles. The zero-order valence-corrected chi connectivity index (χ0v) is 9.60. The Balaban J connectivity index is 2.76. The fourth-order valence-corrected chi connectivity index (χ4v) is 1.81. The molecule has 1 aromatic carbocycles. The molecular formula is C12H13ClN2. The Bertz CT molecular complexity index is 521. The minimum absolute atomic E-state index is 0.602. The molecule has 0 aliphatic rings. The number of hydrogen-bond donors (Lipinski definition) is 1. The van der Waals surface area contributed by atoms with Crippen LogP contribution in [0, 0.1) is 6.92 Å². The van der Waals surface area contributed by atoms with Crippen molar-refractivity contribution in [3.63, 3.8) is 0 Å². The highest BCUT2D eigenvalue weighted by molar-refractivity contribution is 6.32. The number of anilines is 1. The van der Waals surface area contributed by atoms with Gasteiger partial charge in [0.15, 0.2) is 0 Å². The van der Waals surface area contributed by atoms with Crippen LogP contribution in [0.15, 0.2) is 18.2 Å². The minimum Gasteiger partial charge on any atom is -0.383 e. The van der Waals surface area contributed by atoms with Gasteiger partial charge in [-0.3, -0.25) is 0 Å². The van der Waals surface area contributed by atoms with Crippen LogP contribution in [0.3, 0.4) is 0 Å². The number of aromatic nitrogens is 1. The van der Waals surface area contributed by atoms with Crippen LogP contribution in [0.25, 0.3) is 10.9 Å². The van der Waals surface area contributed by atoms with Gasteiger partial charge in [0.1, 0.15) is 5.82 Å². The highest BCUT2D eigenvalue weighted by Gasteiger charge is 2.04. The normalized spacial score (nSPS) is 10.9. The van der Waals surface area contributed by atoms with Gasteiger partial charge in [-0.15, -0.1) is 0 Å². The number of pyridine rings is 1. The van der Waals surface area contributed by atoms with E-state index >= 15 is 0 Å². The average molecular weight is 221 g/mol. The zero-order chi connectivity index (χ0) is 11.0. The lowest BCUT2D eigenvalue weighted by atomic mass is 10.1. The van der Waals surface area contributed by atoms with Crippen molar-refractivity contribution in [3.8, 4) is 0 Å². The SMILES string of the molecule is CCc1cc2cc(C)c(Cl)cc2nc1N. The Kier molecular flexibility index (Phi) is 2.53. The lowest BCUT2D eigenvalue weighted by Crippen LogP contribution is -1.97. The smallest absolute Gasteiger partial charge is 0.127 e. The summed E-state index contributed by atoms with van der Waals surface area (Å²) in [5.41, 5.74) is 8.85. The van der Waals surface area contributed by atoms with E-state index in [1.54, 1.807) is 0 Å². The van der Waals surface area contributed by atoms with Crippen LogP contribution in [-0.2, 0) is 6.42 Å². The number of fused-ring (bicyclic) bond motifs is 1. The standard InChI is InChI=1S/C12H13ClN2/c1-3-8-5-9-4-7(2)10(13)6-11(9)15-12(8)14/h4-6H,3H2,1-2H3,(H2,14,15). The maximum absolute atomic E-state index is 6.03. The van der Waals surface area contributed by atoms with Gasteiger partial charge in [0.25, 0.3) is 0 Å². The number of halogens is 1. The number of nitrogen functional groups attached to an aromatic ring is 1. The summed E-state index contributed by atoms with van der Waals surface area (Å²) in [6, 6.07) is 5.99. The van der Waals surface area contributed by atoms with Crippen LogP contribution in [-0.4, -0.2) is 4.98 Å². The van der Waals surface area contributed by atoms with E-state index in [9.17, 15) is 0 Å². The molecule has 2 aromatic rings. The van der Waals surface area contributed by atoms with Crippen LogP contribution in [0.2, 0.25) is 5.02 Å². The quantitative estimate of drug-likeness (QED) is 0.801. The molecule has 0 atom stereocenters. The summed E-state index contributed by atoms with van der Waals surface area (Å²) < 4.78 is 0. The van der Waals surface area contributed by atoms with Crippen molar-refractivity contribution in [2.45, 2.75) is 20.3 Å². The Hall–Kier alpha value is -1.28. The first-order valence-electron chi connectivity index (χ1n) is 4.97. The number of nitrogens with two attached hydrogens (primary N) is 1. The molecule has 2 rings (SSSR count). The van der Waals surface area contributed by atoms with Crippen molar-refractivity contribution < 1.29 is 0 Å². The molecule has 0 amide bonds. The Morgan fingerprint density at radius 3 is 2.73 bits per heavy atom. The van der Waals surface area contributed by atoms with Crippen LogP contribution >= 0.6 is 11.6 Å². The molecular weight excluding hydrogens is 208 g/mol. The summed E-state index contributed by atoms with van der Waals surface area (Å²) in [5.74, 6) is 0.602. The zero-order valence-electron chi connectivity index (χ0n) is 8.84. The van der Waals surface area contributed by atoms with E-state index in [0.29, 0.717) is 5.82 Å². The van der Waals surface area contributed by atoms with E-state index in [2.05, 4.69) is 18.0 Å². The highest BCUT2D eigenvalue weighted by atomic mass is 35.5. The molecule has 15 heavy (non-hydrogen) atoms. The fraction of sp³-hybridized carbons (Fsp3) is 0.250. The number of nitrogens with zero attached hydrogens (tertiary/aromatic N) is 1. The first kappa shape index (κ1) is 10.2. The summed E-state index contributed by atoms with van der Waals surface area (Å²) in [6.07, 6.45) is 0.899. The molecule has 0 spiro atoms. The van der Waals surface area contributed by atoms with Gasteiger partial charge in [0.2, 0.25) is 0 Å². The number of rotatable bonds is 1. The third kappa shape index (κ3) is 1.77. The molecule has 1 heterocycles. The molecule has 1 aromatic heterocycles. The van der Waals surface area contributed by atoms with Gasteiger partial charge >= 0.3 is 0 Å². The van der Waals surface area contributed by atoms with Crippen LogP contribution in [0.5, 0.6) is 0 Å². The number of benzene rings is 1. The Morgan fingerprint density at radius 2 is 2.07 bits per heavy atom. The highest BCUT2D eigenvalue weighted by Crippen LogP contribution is 2.25. The maximum Gasteiger partial charge on any atom is 0.127 e. The molecule has 0 unspecified atom stereocenters. The molecule has 0 saturated carbocycles. The summed E-state index contributed by atoms with van der Waals surface area (Å²) in [4.78, 5) is 4.34. The summed E-state index contributed by atoms with van der Waals surface area (Å²) in [6.45, 7) is 4.06. The molecule has 2 nitrogen and oxygen atoms in total. The largest absolute Gasteiger partial charge is 0.383 e. The molecule has 0 bridgehead atoms. The third-order valence-electron chi connectivity index (χ3n) is 2.59. The first-order chi connectivity index (χ1) is 7.11. The van der Waals surface area contributed by atoms with Crippen molar-refractivity contribution in [1.29, 1.82) is 0 Å². The predicted molar refractivity (Wildman–Crippen MR) is 65.3 cm³/mol. The van der Waals surface area contributed by atoms with E-state index in [-0.39, 0.29) is 0 Å². The third-order valence-corrected chi connectivity index (χ3v) is 3.00. The predicted octanol–water partition coefficient (Wildman–Crippen LogP) is 3.34. The van der Waals surface area contributed by atoms with Gasteiger partial charge in [-0.1, -0.05) is 18.5 Å². The van der Waals surface area contributed by atoms with E-state index in [1.165, 1.54) is 0 Å². The molecule has 2 N–H and O–H groups in total. The van der Waals surface area contributed by atoms with Crippen molar-refractivity contribution in [2.24, 2.45) is 0 Å². The van der Waals surface area contributed by atoms with Crippen LogP contribution in [0.1, 0.15) is 18.1 Å². The molecule has 0 aliphatic heterocycles. The van der Waals surface area contributed by atoms with Crippen molar-refractivity contribution in [3.05, 3.63) is 34.3 Å². The second-order valence-electron chi connectivity index (χ2n) is 3.68. The van der Waals surface area contributed by atoms with Crippen molar-refractivity contribution >= 4 is 28.3 Å². The second-order valence-corrected chi connectivity index (χ2v) is 4.09. The Labute approximate surface area is 94.1 Å². The molecule has 0 fully saturated rings. The van der Waals surface area contributed by atoms with Crippen molar-refractivity contribution in [2.75, 3.05) is 5.73 Å². The summed E-state index contributed by atoms with van der Waals surface area (Å²) in [7, 11) is 0. The van der Waals surface area contributed by atoms with E-state index < -0.39 is 0 Å². The Morgan fingerprint density at radius 1 is 1.33 bits per heavy atom. The monoisotopic (exact) mass is 220 g/mol. The van der Waals surface area contributed by atoms with Gasteiger partial charge in [-0.05, 0) is 42.7 Å². The molecule has 0 saturated heterocycles. The van der Waals surface area contributed by atoms with Gasteiger partial charge in [-0.25, -0.2) is 4.98 Å². The minimum atomic E-state index is 0.602. The molecule has 0 radical (unpaired) electrons. The second kappa shape index (κ2) is 3.70. The van der Waals surface area contributed by atoms with Gasteiger partial charge in [0.05, 0.1) is 5.52 Å². The molecule has 78 valence electrons. The van der Waals surface area contributed by atoms with E-state index in [4.69, 9.17) is 17.3 Å². The maximum atomic E-state index is 6.03. The lowest BCUT2D eigenvalue weighted by molar-refractivity contribution is 1.13. The average Bonchev–Trinajstić information content (AvgIpc) is 2.20. The van der Waals surface area contributed by atoms with Gasteiger partial charge < -0.3 is 5.73 Å².